The number of hydrogen-bond acceptors (Lipinski definition) is 4. The van der Waals surface area contributed by atoms with Crippen LogP contribution < -0.4 is 4.74 Å². The predicted molar refractivity (Wildman–Crippen MR) is 117 cm³/mol. The maximum Gasteiger partial charge on any atom is 0.255 e. The minimum Gasteiger partial charge on any atom is -0.493 e. The first-order valence-electron chi connectivity index (χ1n) is 10.1. The van der Waals surface area contributed by atoms with Gasteiger partial charge in [0.15, 0.2) is 0 Å². The zero-order valence-corrected chi connectivity index (χ0v) is 17.7. The van der Waals surface area contributed by atoms with Gasteiger partial charge in [-0.1, -0.05) is 30.3 Å². The molecule has 1 aliphatic heterocycles. The lowest BCUT2D eigenvalue weighted by Crippen LogP contribution is -2.37. The maximum atomic E-state index is 12.8. The van der Waals surface area contributed by atoms with Gasteiger partial charge in [0.25, 0.3) is 5.91 Å². The molecule has 1 aliphatic rings. The summed E-state index contributed by atoms with van der Waals surface area (Å²) in [5.41, 5.74) is 1.71. The monoisotopic (exact) mass is 412 g/mol. The molecule has 6 heteroatoms. The first-order valence-corrected chi connectivity index (χ1v) is 10.5. The Morgan fingerprint density at radius 1 is 0.966 bits per heavy atom. The van der Waals surface area contributed by atoms with Gasteiger partial charge in [-0.3, -0.25) is 9.59 Å². The van der Waals surface area contributed by atoms with E-state index in [1.807, 2.05) is 59.2 Å². The number of hydrogen-bond donors (Lipinski definition) is 1. The van der Waals surface area contributed by atoms with Crippen LogP contribution in [0.3, 0.4) is 0 Å². The second kappa shape index (κ2) is 10.3. The van der Waals surface area contributed by atoms with Gasteiger partial charge in [-0.25, -0.2) is 0 Å². The van der Waals surface area contributed by atoms with Crippen molar-refractivity contribution < 1.29 is 14.3 Å². The molecule has 5 nitrogen and oxygen atoms in total. The Labute approximate surface area is 178 Å². The fourth-order valence-corrected chi connectivity index (χ4v) is 3.73. The predicted octanol–water partition coefficient (Wildman–Crippen LogP) is 3.82. The van der Waals surface area contributed by atoms with Gasteiger partial charge < -0.3 is 14.5 Å². The third-order valence-electron chi connectivity index (χ3n) is 5.16. The van der Waals surface area contributed by atoms with Crippen molar-refractivity contribution in [3.05, 3.63) is 59.7 Å². The van der Waals surface area contributed by atoms with Crippen LogP contribution in [-0.4, -0.2) is 54.4 Å². The van der Waals surface area contributed by atoms with E-state index in [0.29, 0.717) is 56.1 Å². The first-order chi connectivity index (χ1) is 14.1. The van der Waals surface area contributed by atoms with Crippen molar-refractivity contribution in [2.45, 2.75) is 31.1 Å². The Kier molecular flexibility index (Phi) is 7.58. The molecular formula is C23H28N2O3S. The van der Waals surface area contributed by atoms with Crippen molar-refractivity contribution in [2.75, 3.05) is 32.8 Å². The zero-order chi connectivity index (χ0) is 20.6. The Morgan fingerprint density at radius 3 is 2.45 bits per heavy atom. The van der Waals surface area contributed by atoms with E-state index in [2.05, 4.69) is 12.6 Å². The summed E-state index contributed by atoms with van der Waals surface area (Å²) in [6, 6.07) is 15.2. The van der Waals surface area contributed by atoms with E-state index < -0.39 is 0 Å². The number of nitrogens with zero attached hydrogens (tertiary/aromatic N) is 2. The molecule has 1 fully saturated rings. The van der Waals surface area contributed by atoms with Crippen LogP contribution in [-0.2, 0) is 4.79 Å². The summed E-state index contributed by atoms with van der Waals surface area (Å²) < 4.78 is 5.78. The quantitative estimate of drug-likeness (QED) is 0.580. The molecule has 0 bridgehead atoms. The van der Waals surface area contributed by atoms with Crippen molar-refractivity contribution in [1.82, 2.24) is 9.80 Å². The fraction of sp³-hybridized carbons (Fsp3) is 0.391. The molecule has 0 N–H and O–H groups in total. The summed E-state index contributed by atoms with van der Waals surface area (Å²) in [5.74, 6) is 0.979. The van der Waals surface area contributed by atoms with E-state index >= 15 is 0 Å². The normalized spacial score (nSPS) is 14.4. The van der Waals surface area contributed by atoms with E-state index in [1.54, 1.807) is 6.07 Å². The van der Waals surface area contributed by atoms with E-state index in [-0.39, 0.29) is 11.8 Å². The van der Waals surface area contributed by atoms with Crippen LogP contribution in [0.1, 0.15) is 35.2 Å². The summed E-state index contributed by atoms with van der Waals surface area (Å²) >= 11 is 4.39. The molecule has 1 saturated heterocycles. The summed E-state index contributed by atoms with van der Waals surface area (Å²) in [7, 11) is 0. The van der Waals surface area contributed by atoms with Gasteiger partial charge >= 0.3 is 0 Å². The lowest BCUT2D eigenvalue weighted by Gasteiger charge is -2.22. The average Bonchev–Trinajstić information content (AvgIpc) is 2.98. The van der Waals surface area contributed by atoms with E-state index in [9.17, 15) is 9.59 Å². The molecule has 0 unspecified atom stereocenters. The maximum absolute atomic E-state index is 12.8. The first kappa shape index (κ1) is 21.2. The lowest BCUT2D eigenvalue weighted by atomic mass is 10.2. The van der Waals surface area contributed by atoms with Gasteiger partial charge in [-0.15, -0.1) is 12.6 Å². The van der Waals surface area contributed by atoms with Gasteiger partial charge in [0, 0.05) is 37.5 Å². The lowest BCUT2D eigenvalue weighted by molar-refractivity contribution is -0.131. The van der Waals surface area contributed by atoms with Crippen LogP contribution in [0.2, 0.25) is 0 Å². The fourth-order valence-electron chi connectivity index (χ4n) is 3.48. The molecule has 29 heavy (non-hydrogen) atoms. The van der Waals surface area contributed by atoms with Crippen LogP contribution in [0.25, 0.3) is 0 Å². The van der Waals surface area contributed by atoms with Gasteiger partial charge in [0.05, 0.1) is 12.2 Å². The topological polar surface area (TPSA) is 49.9 Å². The van der Waals surface area contributed by atoms with E-state index in [4.69, 9.17) is 4.74 Å². The van der Waals surface area contributed by atoms with Crippen LogP contribution in [0, 0.1) is 6.92 Å². The Bertz CT molecular complexity index is 856. The van der Waals surface area contributed by atoms with Crippen molar-refractivity contribution in [3.63, 3.8) is 0 Å². The largest absolute Gasteiger partial charge is 0.493 e. The standard InChI is InChI=1S/C23H28N2O3S/c1-18-8-2-4-10-20(18)28-17-6-12-22(26)24-13-7-14-25(16-15-24)23(27)19-9-3-5-11-21(19)29/h2-5,8-11,29H,6-7,12-17H2,1H3. The molecule has 2 amide bonds. The number of carbonyl (C=O) groups is 2. The number of para-hydroxylation sites is 1. The van der Waals surface area contributed by atoms with Crippen molar-refractivity contribution in [3.8, 4) is 5.75 Å². The number of thiol groups is 1. The minimum absolute atomic E-state index is 0.0171. The Balaban J connectivity index is 1.45. The Morgan fingerprint density at radius 2 is 1.66 bits per heavy atom. The second-order valence-corrected chi connectivity index (χ2v) is 7.74. The number of carbonyl (C=O) groups excluding carboxylic acids is 2. The van der Waals surface area contributed by atoms with Crippen LogP contribution >= 0.6 is 12.6 Å². The molecule has 0 atom stereocenters. The van der Waals surface area contributed by atoms with E-state index in [0.717, 1.165) is 17.7 Å². The second-order valence-electron chi connectivity index (χ2n) is 7.26. The molecule has 0 saturated carbocycles. The third kappa shape index (κ3) is 5.76. The van der Waals surface area contributed by atoms with Gasteiger partial charge in [0.1, 0.15) is 5.75 Å². The summed E-state index contributed by atoms with van der Waals surface area (Å²) in [4.78, 5) is 29.7. The molecule has 0 radical (unpaired) electrons. The highest BCUT2D eigenvalue weighted by Crippen LogP contribution is 2.18. The highest BCUT2D eigenvalue weighted by molar-refractivity contribution is 7.80. The van der Waals surface area contributed by atoms with Crippen LogP contribution in [0.15, 0.2) is 53.4 Å². The van der Waals surface area contributed by atoms with Crippen molar-refractivity contribution >= 4 is 24.4 Å². The minimum atomic E-state index is -0.0171. The number of amides is 2. The molecule has 0 spiro atoms. The molecule has 3 rings (SSSR count). The van der Waals surface area contributed by atoms with Crippen LogP contribution in [0.4, 0.5) is 0 Å². The van der Waals surface area contributed by atoms with Crippen molar-refractivity contribution in [2.24, 2.45) is 0 Å². The Hall–Kier alpha value is -2.47. The highest BCUT2D eigenvalue weighted by Gasteiger charge is 2.23. The molecule has 154 valence electrons. The molecular weight excluding hydrogens is 384 g/mol. The average molecular weight is 413 g/mol. The summed E-state index contributed by atoms with van der Waals surface area (Å²) in [6.07, 6.45) is 1.92. The summed E-state index contributed by atoms with van der Waals surface area (Å²) in [5, 5.41) is 0. The molecule has 0 aromatic heterocycles. The number of ether oxygens (including phenoxy) is 1. The number of benzene rings is 2. The molecule has 1 heterocycles. The van der Waals surface area contributed by atoms with Gasteiger partial charge in [-0.2, -0.15) is 0 Å². The zero-order valence-electron chi connectivity index (χ0n) is 16.8. The van der Waals surface area contributed by atoms with Gasteiger partial charge in [-0.05, 0) is 43.5 Å². The highest BCUT2D eigenvalue weighted by atomic mass is 32.1. The molecule has 0 aliphatic carbocycles. The van der Waals surface area contributed by atoms with Crippen molar-refractivity contribution in [1.29, 1.82) is 0 Å². The number of rotatable bonds is 6. The third-order valence-corrected chi connectivity index (χ3v) is 5.55. The molecule has 2 aromatic carbocycles. The SMILES string of the molecule is Cc1ccccc1OCCCC(=O)N1CCCN(C(=O)c2ccccc2S)CC1. The summed E-state index contributed by atoms with van der Waals surface area (Å²) in [6.45, 7) is 4.99. The number of aryl methyl sites for hydroxylation is 1. The van der Waals surface area contributed by atoms with Gasteiger partial charge in [0.2, 0.25) is 5.91 Å². The molecule has 2 aromatic rings. The van der Waals surface area contributed by atoms with Crippen LogP contribution in [0.5, 0.6) is 5.75 Å². The van der Waals surface area contributed by atoms with E-state index in [1.165, 1.54) is 0 Å². The smallest absolute Gasteiger partial charge is 0.255 e.